The second-order valence-electron chi connectivity index (χ2n) is 5.15. The maximum atomic E-state index is 4.74. The van der Waals surface area contributed by atoms with Crippen LogP contribution >= 0.6 is 27.3 Å². The molecule has 1 N–H and O–H groups in total. The summed E-state index contributed by atoms with van der Waals surface area (Å²) in [5.74, 6) is 0. The lowest BCUT2D eigenvalue weighted by Gasteiger charge is -2.17. The molecule has 2 nitrogen and oxygen atoms in total. The third-order valence-corrected chi connectivity index (χ3v) is 5.37. The van der Waals surface area contributed by atoms with Gasteiger partial charge in [0, 0.05) is 16.9 Å². The van der Waals surface area contributed by atoms with Crippen molar-refractivity contribution < 1.29 is 0 Å². The number of para-hydroxylation sites is 1. The van der Waals surface area contributed by atoms with Gasteiger partial charge in [-0.2, -0.15) is 0 Å². The Balaban J connectivity index is 1.91. The van der Waals surface area contributed by atoms with Gasteiger partial charge in [0.15, 0.2) is 0 Å². The number of rotatable bonds is 4. The van der Waals surface area contributed by atoms with E-state index >= 15 is 0 Å². The van der Waals surface area contributed by atoms with E-state index in [1.54, 1.807) is 11.3 Å². The molecule has 4 heteroatoms. The Morgan fingerprint density at radius 2 is 2.05 bits per heavy atom. The lowest BCUT2D eigenvalue weighted by molar-refractivity contribution is 0.588. The average Bonchev–Trinajstić information content (AvgIpc) is 2.90. The highest BCUT2D eigenvalue weighted by atomic mass is 79.9. The first-order valence-corrected chi connectivity index (χ1v) is 8.56. The van der Waals surface area contributed by atoms with Crippen molar-refractivity contribution in [1.29, 1.82) is 0 Å². The Bertz CT molecular complexity index is 733. The summed E-state index contributed by atoms with van der Waals surface area (Å²) in [4.78, 5) is 4.74. The molecular formula is C17H17BrN2S. The highest BCUT2D eigenvalue weighted by Gasteiger charge is 2.16. The van der Waals surface area contributed by atoms with Gasteiger partial charge in [-0.3, -0.25) is 0 Å². The molecule has 21 heavy (non-hydrogen) atoms. The van der Waals surface area contributed by atoms with Crippen molar-refractivity contribution in [2.75, 3.05) is 7.05 Å². The predicted molar refractivity (Wildman–Crippen MR) is 94.0 cm³/mol. The van der Waals surface area contributed by atoms with Gasteiger partial charge in [0.1, 0.15) is 0 Å². The maximum Gasteiger partial charge on any atom is 0.0957 e. The van der Waals surface area contributed by atoms with Gasteiger partial charge in [-0.05, 0) is 37.7 Å². The first-order chi connectivity index (χ1) is 10.2. The number of hydrogen-bond donors (Lipinski definition) is 1. The fraction of sp³-hybridized carbons (Fsp3) is 0.235. The fourth-order valence-electron chi connectivity index (χ4n) is 2.48. The normalized spacial score (nSPS) is 12.7. The van der Waals surface area contributed by atoms with Crippen LogP contribution in [0.25, 0.3) is 10.2 Å². The van der Waals surface area contributed by atoms with Crippen LogP contribution in [0.5, 0.6) is 0 Å². The number of aromatic nitrogens is 1. The molecule has 0 bridgehead atoms. The molecule has 1 heterocycles. The topological polar surface area (TPSA) is 24.9 Å². The number of aryl methyl sites for hydroxylation is 1. The van der Waals surface area contributed by atoms with Gasteiger partial charge in [0.25, 0.3) is 0 Å². The summed E-state index contributed by atoms with van der Waals surface area (Å²) in [6, 6.07) is 15.1. The average molecular weight is 361 g/mol. The van der Waals surface area contributed by atoms with Crippen molar-refractivity contribution in [1.82, 2.24) is 10.3 Å². The molecule has 2 aromatic carbocycles. The van der Waals surface area contributed by atoms with Crippen LogP contribution in [-0.2, 0) is 6.42 Å². The standard InChI is InChI=1S/C17H17BrN2S/c1-11-7-8-13(18)12(9-11)15(19-2)10-17-20-14-5-3-4-6-16(14)21-17/h3-9,15,19H,10H2,1-2H3. The number of fused-ring (bicyclic) bond motifs is 1. The van der Waals surface area contributed by atoms with Crippen LogP contribution < -0.4 is 5.32 Å². The first kappa shape index (κ1) is 14.7. The van der Waals surface area contributed by atoms with Gasteiger partial charge in [0.05, 0.1) is 15.2 Å². The molecule has 0 saturated heterocycles. The third kappa shape index (κ3) is 3.18. The monoisotopic (exact) mass is 360 g/mol. The van der Waals surface area contributed by atoms with Crippen molar-refractivity contribution >= 4 is 37.5 Å². The minimum Gasteiger partial charge on any atom is -0.313 e. The maximum absolute atomic E-state index is 4.74. The number of nitrogens with one attached hydrogen (secondary N) is 1. The van der Waals surface area contributed by atoms with Crippen LogP contribution in [0.1, 0.15) is 22.2 Å². The van der Waals surface area contributed by atoms with Gasteiger partial charge >= 0.3 is 0 Å². The Morgan fingerprint density at radius 3 is 2.81 bits per heavy atom. The molecule has 0 aliphatic heterocycles. The van der Waals surface area contributed by atoms with Crippen LogP contribution in [0.3, 0.4) is 0 Å². The summed E-state index contributed by atoms with van der Waals surface area (Å²) in [6.45, 7) is 2.13. The van der Waals surface area contributed by atoms with E-state index < -0.39 is 0 Å². The van der Waals surface area contributed by atoms with E-state index in [1.165, 1.54) is 20.8 Å². The Morgan fingerprint density at radius 1 is 1.24 bits per heavy atom. The third-order valence-electron chi connectivity index (χ3n) is 3.59. The summed E-state index contributed by atoms with van der Waals surface area (Å²) in [7, 11) is 2.01. The molecule has 108 valence electrons. The number of halogens is 1. The smallest absolute Gasteiger partial charge is 0.0957 e. The Labute approximate surface area is 137 Å². The molecule has 0 fully saturated rings. The molecule has 0 spiro atoms. The molecule has 3 rings (SSSR count). The summed E-state index contributed by atoms with van der Waals surface area (Å²) in [5.41, 5.74) is 3.66. The van der Waals surface area contributed by atoms with Gasteiger partial charge in [-0.15, -0.1) is 11.3 Å². The molecule has 0 radical (unpaired) electrons. The summed E-state index contributed by atoms with van der Waals surface area (Å²) >= 11 is 5.44. The van der Waals surface area contributed by atoms with E-state index in [0.717, 1.165) is 16.4 Å². The quantitative estimate of drug-likeness (QED) is 0.717. The minimum atomic E-state index is 0.264. The highest BCUT2D eigenvalue weighted by molar-refractivity contribution is 9.10. The molecule has 0 aliphatic rings. The second kappa shape index (κ2) is 6.26. The first-order valence-electron chi connectivity index (χ1n) is 6.95. The van der Waals surface area contributed by atoms with E-state index in [-0.39, 0.29) is 6.04 Å². The Kier molecular flexibility index (Phi) is 4.38. The van der Waals surface area contributed by atoms with E-state index in [0.29, 0.717) is 0 Å². The van der Waals surface area contributed by atoms with Crippen molar-refractivity contribution in [3.63, 3.8) is 0 Å². The van der Waals surface area contributed by atoms with Crippen LogP contribution in [0.2, 0.25) is 0 Å². The van der Waals surface area contributed by atoms with Crippen molar-refractivity contribution in [3.05, 3.63) is 63.1 Å². The van der Waals surface area contributed by atoms with E-state index in [2.05, 4.69) is 64.6 Å². The largest absolute Gasteiger partial charge is 0.313 e. The van der Waals surface area contributed by atoms with Crippen LogP contribution in [0.15, 0.2) is 46.9 Å². The highest BCUT2D eigenvalue weighted by Crippen LogP contribution is 2.30. The Hall–Kier alpha value is -1.23. The number of likely N-dealkylation sites (N-methyl/N-ethyl adjacent to an activating group) is 1. The van der Waals surface area contributed by atoms with Gasteiger partial charge in [-0.1, -0.05) is 45.8 Å². The van der Waals surface area contributed by atoms with Crippen LogP contribution in [0.4, 0.5) is 0 Å². The number of nitrogens with zero attached hydrogens (tertiary/aromatic N) is 1. The predicted octanol–water partition coefficient (Wildman–Crippen LogP) is 4.87. The molecule has 1 unspecified atom stereocenters. The lowest BCUT2D eigenvalue weighted by atomic mass is 10.0. The van der Waals surface area contributed by atoms with E-state index in [9.17, 15) is 0 Å². The molecule has 0 amide bonds. The zero-order valence-corrected chi connectivity index (χ0v) is 14.5. The molecule has 1 atom stereocenters. The number of thiazole rings is 1. The van der Waals surface area contributed by atoms with Crippen molar-refractivity contribution in [3.8, 4) is 0 Å². The van der Waals surface area contributed by atoms with Gasteiger partial charge < -0.3 is 5.32 Å². The van der Waals surface area contributed by atoms with Crippen molar-refractivity contribution in [2.24, 2.45) is 0 Å². The summed E-state index contributed by atoms with van der Waals surface area (Å²) < 4.78 is 2.40. The molecule has 1 aromatic heterocycles. The summed E-state index contributed by atoms with van der Waals surface area (Å²) in [6.07, 6.45) is 0.901. The molecule has 0 aliphatic carbocycles. The molecule has 3 aromatic rings. The number of benzene rings is 2. The second-order valence-corrected chi connectivity index (χ2v) is 7.12. The molecule has 0 saturated carbocycles. The van der Waals surface area contributed by atoms with E-state index in [4.69, 9.17) is 4.98 Å². The van der Waals surface area contributed by atoms with Gasteiger partial charge in [-0.25, -0.2) is 4.98 Å². The zero-order chi connectivity index (χ0) is 14.8. The number of hydrogen-bond acceptors (Lipinski definition) is 3. The van der Waals surface area contributed by atoms with Crippen molar-refractivity contribution in [2.45, 2.75) is 19.4 Å². The van der Waals surface area contributed by atoms with Crippen LogP contribution in [0, 0.1) is 6.92 Å². The van der Waals surface area contributed by atoms with Gasteiger partial charge in [0.2, 0.25) is 0 Å². The minimum absolute atomic E-state index is 0.264. The summed E-state index contributed by atoms with van der Waals surface area (Å²) in [5, 5.41) is 4.59. The lowest BCUT2D eigenvalue weighted by Crippen LogP contribution is -2.19. The van der Waals surface area contributed by atoms with Crippen LogP contribution in [-0.4, -0.2) is 12.0 Å². The molecular weight excluding hydrogens is 344 g/mol. The SMILES string of the molecule is CNC(Cc1nc2ccccc2s1)c1cc(C)ccc1Br. The fourth-order valence-corrected chi connectivity index (χ4v) is 4.02. The van der Waals surface area contributed by atoms with E-state index in [1.807, 2.05) is 13.1 Å². The zero-order valence-electron chi connectivity index (χ0n) is 12.1.